The van der Waals surface area contributed by atoms with Crippen LogP contribution < -0.4 is 0 Å². The molecule has 0 radical (unpaired) electrons. The maximum absolute atomic E-state index is 5.11. The fraction of sp³-hybridized carbons (Fsp3) is 0.375. The summed E-state index contributed by atoms with van der Waals surface area (Å²) >= 11 is 0. The third kappa shape index (κ3) is 1.07. The molecular formula is C8H10N2O. The molecule has 1 unspecified atom stereocenters. The number of amidine groups is 1. The molecule has 1 atom stereocenters. The van der Waals surface area contributed by atoms with Gasteiger partial charge in [-0.1, -0.05) is 6.08 Å². The van der Waals surface area contributed by atoms with Crippen LogP contribution in [0, 0.1) is 0 Å². The second-order valence-electron chi connectivity index (χ2n) is 2.53. The summed E-state index contributed by atoms with van der Waals surface area (Å²) in [5, 5.41) is 0. The van der Waals surface area contributed by atoms with Gasteiger partial charge in [0.15, 0.2) is 6.23 Å². The van der Waals surface area contributed by atoms with Crippen molar-refractivity contribution in [1.82, 2.24) is 4.90 Å². The molecule has 2 heterocycles. The number of nitrogens with zero attached hydrogens (tertiary/aromatic N) is 2. The van der Waals surface area contributed by atoms with E-state index in [9.17, 15) is 0 Å². The van der Waals surface area contributed by atoms with E-state index in [4.69, 9.17) is 4.74 Å². The lowest BCUT2D eigenvalue weighted by molar-refractivity contribution is 0.110. The van der Waals surface area contributed by atoms with Gasteiger partial charge in [-0.2, -0.15) is 0 Å². The molecule has 0 saturated heterocycles. The first-order valence-corrected chi connectivity index (χ1v) is 3.62. The first-order chi connectivity index (χ1) is 5.40. The lowest BCUT2D eigenvalue weighted by Crippen LogP contribution is -2.24. The van der Waals surface area contributed by atoms with Crippen LogP contribution in [0.4, 0.5) is 0 Å². The molecule has 0 amide bonds. The van der Waals surface area contributed by atoms with Crippen LogP contribution in [-0.2, 0) is 4.74 Å². The van der Waals surface area contributed by atoms with Crippen molar-refractivity contribution in [3.05, 3.63) is 24.4 Å². The van der Waals surface area contributed by atoms with E-state index < -0.39 is 0 Å². The van der Waals surface area contributed by atoms with Gasteiger partial charge in [0, 0.05) is 13.3 Å². The Kier molecular flexibility index (Phi) is 1.51. The summed E-state index contributed by atoms with van der Waals surface area (Å²) in [6.45, 7) is 0.840. The summed E-state index contributed by atoms with van der Waals surface area (Å²) < 4.78 is 5.11. The molecule has 58 valence electrons. The Balaban J connectivity index is 2.19. The number of hydrogen-bond acceptors (Lipinski definition) is 3. The maximum Gasteiger partial charge on any atom is 0.168 e. The lowest BCUT2D eigenvalue weighted by atomic mass is 10.3. The van der Waals surface area contributed by atoms with Gasteiger partial charge >= 0.3 is 0 Å². The van der Waals surface area contributed by atoms with Crippen LogP contribution in [0.2, 0.25) is 0 Å². The van der Waals surface area contributed by atoms with Crippen molar-refractivity contribution in [3.8, 4) is 0 Å². The van der Waals surface area contributed by atoms with Gasteiger partial charge in [-0.15, -0.1) is 0 Å². The van der Waals surface area contributed by atoms with Crippen molar-refractivity contribution in [2.24, 2.45) is 4.99 Å². The van der Waals surface area contributed by atoms with Crippen LogP contribution in [0.5, 0.6) is 0 Å². The Morgan fingerprint density at radius 2 is 2.55 bits per heavy atom. The normalized spacial score (nSPS) is 27.2. The third-order valence-corrected chi connectivity index (χ3v) is 1.82. The zero-order valence-electron chi connectivity index (χ0n) is 6.40. The molecule has 0 aromatic rings. The average Bonchev–Trinajstić information content (AvgIpc) is 2.46. The highest BCUT2D eigenvalue weighted by Gasteiger charge is 2.21. The molecule has 0 saturated carbocycles. The predicted octanol–water partition coefficient (Wildman–Crippen LogP) is 0.757. The molecular weight excluding hydrogens is 140 g/mol. The smallest absolute Gasteiger partial charge is 0.168 e. The van der Waals surface area contributed by atoms with Crippen molar-refractivity contribution in [2.75, 3.05) is 13.7 Å². The van der Waals surface area contributed by atoms with Crippen molar-refractivity contribution in [1.29, 1.82) is 0 Å². The third-order valence-electron chi connectivity index (χ3n) is 1.82. The largest absolute Gasteiger partial charge is 0.358 e. The summed E-state index contributed by atoms with van der Waals surface area (Å²) in [6, 6.07) is 0. The van der Waals surface area contributed by atoms with Gasteiger partial charge in [0.05, 0.1) is 6.54 Å². The van der Waals surface area contributed by atoms with Crippen molar-refractivity contribution in [2.45, 2.75) is 6.23 Å². The average molecular weight is 150 g/mol. The topological polar surface area (TPSA) is 24.8 Å². The van der Waals surface area contributed by atoms with E-state index in [-0.39, 0.29) is 6.23 Å². The SMILES string of the molecule is COC1CN2C=CC=CC2=N1. The van der Waals surface area contributed by atoms with Crippen molar-refractivity contribution in [3.63, 3.8) is 0 Å². The number of aliphatic imine (C=N–C) groups is 1. The quantitative estimate of drug-likeness (QED) is 0.551. The van der Waals surface area contributed by atoms with Crippen molar-refractivity contribution >= 4 is 5.84 Å². The van der Waals surface area contributed by atoms with Crippen LogP contribution in [0.3, 0.4) is 0 Å². The molecule has 11 heavy (non-hydrogen) atoms. The highest BCUT2D eigenvalue weighted by atomic mass is 16.5. The van der Waals surface area contributed by atoms with Crippen LogP contribution in [0.15, 0.2) is 29.4 Å². The molecule has 2 aliphatic rings. The maximum atomic E-state index is 5.11. The monoisotopic (exact) mass is 150 g/mol. The van der Waals surface area contributed by atoms with Gasteiger partial charge in [0.1, 0.15) is 5.84 Å². The molecule has 3 heteroatoms. The molecule has 0 bridgehead atoms. The molecule has 0 N–H and O–H groups in total. The predicted molar refractivity (Wildman–Crippen MR) is 43.2 cm³/mol. The number of hydrogen-bond donors (Lipinski definition) is 0. The van der Waals surface area contributed by atoms with Gasteiger partial charge in [-0.05, 0) is 12.2 Å². The Morgan fingerprint density at radius 1 is 1.64 bits per heavy atom. The molecule has 0 aliphatic carbocycles. The van der Waals surface area contributed by atoms with E-state index in [0.717, 1.165) is 12.4 Å². The molecule has 2 rings (SSSR count). The summed E-state index contributed by atoms with van der Waals surface area (Å²) in [4.78, 5) is 6.39. The Hall–Kier alpha value is -1.09. The Labute approximate surface area is 65.7 Å². The minimum Gasteiger partial charge on any atom is -0.358 e. The molecule has 0 fully saturated rings. The number of fused-ring (bicyclic) bond motifs is 1. The highest BCUT2D eigenvalue weighted by Crippen LogP contribution is 2.13. The van der Waals surface area contributed by atoms with Gasteiger partial charge in [0.2, 0.25) is 0 Å². The summed E-state index contributed by atoms with van der Waals surface area (Å²) in [6.07, 6.45) is 7.98. The van der Waals surface area contributed by atoms with Crippen LogP contribution in [0.25, 0.3) is 0 Å². The van der Waals surface area contributed by atoms with E-state index >= 15 is 0 Å². The van der Waals surface area contributed by atoms with Gasteiger partial charge in [-0.25, -0.2) is 4.99 Å². The zero-order chi connectivity index (χ0) is 7.68. The fourth-order valence-corrected chi connectivity index (χ4v) is 1.22. The molecule has 3 nitrogen and oxygen atoms in total. The van der Waals surface area contributed by atoms with Gasteiger partial charge in [0.25, 0.3) is 0 Å². The van der Waals surface area contributed by atoms with E-state index in [0.29, 0.717) is 0 Å². The van der Waals surface area contributed by atoms with Crippen molar-refractivity contribution < 1.29 is 4.74 Å². The molecule has 0 spiro atoms. The van der Waals surface area contributed by atoms with Crippen LogP contribution >= 0.6 is 0 Å². The first-order valence-electron chi connectivity index (χ1n) is 3.62. The summed E-state index contributed by atoms with van der Waals surface area (Å²) in [7, 11) is 1.68. The minimum atomic E-state index is 0.0115. The number of allylic oxidation sites excluding steroid dienone is 2. The zero-order valence-corrected chi connectivity index (χ0v) is 6.40. The molecule has 2 aliphatic heterocycles. The summed E-state index contributed by atoms with van der Waals surface area (Å²) in [5.74, 6) is 0.999. The number of methoxy groups -OCH3 is 1. The lowest BCUT2D eigenvalue weighted by Gasteiger charge is -2.14. The second kappa shape index (κ2) is 2.51. The number of rotatable bonds is 1. The van der Waals surface area contributed by atoms with Gasteiger partial charge < -0.3 is 9.64 Å². The minimum absolute atomic E-state index is 0.0115. The van der Waals surface area contributed by atoms with Gasteiger partial charge in [-0.3, -0.25) is 0 Å². The van der Waals surface area contributed by atoms with E-state index in [2.05, 4.69) is 9.89 Å². The Morgan fingerprint density at radius 3 is 3.27 bits per heavy atom. The van der Waals surface area contributed by atoms with Crippen LogP contribution in [-0.4, -0.2) is 30.6 Å². The molecule has 0 aromatic heterocycles. The van der Waals surface area contributed by atoms with E-state index in [1.54, 1.807) is 7.11 Å². The second-order valence-corrected chi connectivity index (χ2v) is 2.53. The first kappa shape index (κ1) is 6.61. The van der Waals surface area contributed by atoms with E-state index in [1.165, 1.54) is 0 Å². The number of ether oxygens (including phenoxy) is 1. The van der Waals surface area contributed by atoms with E-state index in [1.807, 2.05) is 24.4 Å². The summed E-state index contributed by atoms with van der Waals surface area (Å²) in [5.41, 5.74) is 0. The standard InChI is InChI=1S/C8H10N2O/c1-11-8-6-10-5-3-2-4-7(10)9-8/h2-5,8H,6H2,1H3. The molecule has 0 aromatic carbocycles. The highest BCUT2D eigenvalue weighted by molar-refractivity contribution is 5.96. The van der Waals surface area contributed by atoms with Crippen LogP contribution in [0.1, 0.15) is 0 Å². The fourth-order valence-electron chi connectivity index (χ4n) is 1.22. The Bertz CT molecular complexity index is 242.